The van der Waals surface area contributed by atoms with Crippen LogP contribution in [-0.4, -0.2) is 34.4 Å². The standard InChI is InChI=1S/C13H20N2O4S2/c1-9-5-6-12(14)13(10(9)2)21(18,19)15-11-4-3-7-20(16,17)8-11/h5-6,11,15H,3-4,7-8,14H2,1-2H3. The Morgan fingerprint density at radius 2 is 1.95 bits per heavy atom. The van der Waals surface area contributed by atoms with Crippen LogP contribution in [0.15, 0.2) is 17.0 Å². The molecule has 0 spiro atoms. The fourth-order valence-corrected chi connectivity index (χ4v) is 6.00. The molecule has 21 heavy (non-hydrogen) atoms. The number of hydrogen-bond donors (Lipinski definition) is 2. The lowest BCUT2D eigenvalue weighted by Crippen LogP contribution is -2.43. The van der Waals surface area contributed by atoms with Crippen molar-refractivity contribution in [1.82, 2.24) is 4.72 Å². The first-order valence-electron chi connectivity index (χ1n) is 6.71. The summed E-state index contributed by atoms with van der Waals surface area (Å²) in [6.45, 7) is 3.50. The zero-order valence-electron chi connectivity index (χ0n) is 12.1. The third-order valence-corrected chi connectivity index (χ3v) is 7.30. The highest BCUT2D eigenvalue weighted by molar-refractivity contribution is 7.91. The van der Waals surface area contributed by atoms with E-state index in [4.69, 9.17) is 5.73 Å². The molecule has 118 valence electrons. The van der Waals surface area contributed by atoms with Gasteiger partial charge in [-0.05, 0) is 43.9 Å². The van der Waals surface area contributed by atoms with Crippen molar-refractivity contribution in [2.45, 2.75) is 37.6 Å². The van der Waals surface area contributed by atoms with Crippen LogP contribution in [-0.2, 0) is 19.9 Å². The van der Waals surface area contributed by atoms with Crippen molar-refractivity contribution in [2.75, 3.05) is 17.2 Å². The Hall–Kier alpha value is -1.12. The highest BCUT2D eigenvalue weighted by Crippen LogP contribution is 2.26. The number of anilines is 1. The van der Waals surface area contributed by atoms with Gasteiger partial charge in [0.2, 0.25) is 10.0 Å². The second kappa shape index (κ2) is 5.58. The molecule has 1 unspecified atom stereocenters. The largest absolute Gasteiger partial charge is 0.398 e. The zero-order valence-corrected chi connectivity index (χ0v) is 13.7. The maximum atomic E-state index is 12.5. The van der Waals surface area contributed by atoms with E-state index in [0.717, 1.165) is 5.56 Å². The van der Waals surface area contributed by atoms with Crippen molar-refractivity contribution >= 4 is 25.5 Å². The summed E-state index contributed by atoms with van der Waals surface area (Å²) in [5.74, 6) is -0.0339. The molecule has 1 aromatic rings. The number of aryl methyl sites for hydroxylation is 1. The summed E-state index contributed by atoms with van der Waals surface area (Å²) in [4.78, 5) is 0.0467. The van der Waals surface area contributed by atoms with Crippen molar-refractivity contribution in [3.05, 3.63) is 23.3 Å². The molecular weight excluding hydrogens is 312 g/mol. The molecule has 6 nitrogen and oxygen atoms in total. The lowest BCUT2D eigenvalue weighted by Gasteiger charge is -2.24. The molecule has 0 amide bonds. The highest BCUT2D eigenvalue weighted by atomic mass is 32.2. The van der Waals surface area contributed by atoms with Crippen molar-refractivity contribution < 1.29 is 16.8 Å². The zero-order chi connectivity index (χ0) is 15.8. The molecule has 1 aliphatic rings. The number of nitrogen functional groups attached to an aromatic ring is 1. The average molecular weight is 332 g/mol. The van der Waals surface area contributed by atoms with E-state index in [2.05, 4.69) is 4.72 Å². The van der Waals surface area contributed by atoms with Gasteiger partial charge in [0.1, 0.15) is 4.90 Å². The van der Waals surface area contributed by atoms with Gasteiger partial charge < -0.3 is 5.73 Å². The normalized spacial score (nSPS) is 22.1. The quantitative estimate of drug-likeness (QED) is 0.794. The third kappa shape index (κ3) is 3.56. The predicted octanol–water partition coefficient (Wildman–Crippen LogP) is 0.741. The summed E-state index contributed by atoms with van der Waals surface area (Å²) in [5, 5.41) is 0. The van der Waals surface area contributed by atoms with E-state index in [1.165, 1.54) is 0 Å². The first-order chi connectivity index (χ1) is 9.62. The van der Waals surface area contributed by atoms with Gasteiger partial charge in [-0.1, -0.05) is 6.07 Å². The lowest BCUT2D eigenvalue weighted by atomic mass is 10.1. The van der Waals surface area contributed by atoms with Crippen molar-refractivity contribution in [3.8, 4) is 0 Å². The smallest absolute Gasteiger partial charge is 0.243 e. The predicted molar refractivity (Wildman–Crippen MR) is 82.3 cm³/mol. The van der Waals surface area contributed by atoms with Gasteiger partial charge in [-0.3, -0.25) is 0 Å². The van der Waals surface area contributed by atoms with Gasteiger partial charge in [-0.15, -0.1) is 0 Å². The Balaban J connectivity index is 2.34. The van der Waals surface area contributed by atoms with Gasteiger partial charge in [0.05, 0.1) is 17.2 Å². The number of benzene rings is 1. The minimum Gasteiger partial charge on any atom is -0.398 e. The number of sulfone groups is 1. The Labute approximate surface area is 125 Å². The van der Waals surface area contributed by atoms with Crippen LogP contribution in [0.4, 0.5) is 5.69 Å². The number of hydrogen-bond acceptors (Lipinski definition) is 5. The van der Waals surface area contributed by atoms with Crippen LogP contribution in [0.25, 0.3) is 0 Å². The summed E-state index contributed by atoms with van der Waals surface area (Å²) < 4.78 is 50.8. The minimum atomic E-state index is -3.83. The van der Waals surface area contributed by atoms with E-state index in [0.29, 0.717) is 18.4 Å². The summed E-state index contributed by atoms with van der Waals surface area (Å²) in [6.07, 6.45) is 0.987. The molecule has 0 radical (unpaired) electrons. The molecule has 1 atom stereocenters. The van der Waals surface area contributed by atoms with Gasteiger partial charge >= 0.3 is 0 Å². The second-order valence-electron chi connectivity index (χ2n) is 5.50. The van der Waals surface area contributed by atoms with Gasteiger partial charge in [0.25, 0.3) is 0 Å². The number of rotatable bonds is 3. The molecule has 2 rings (SSSR count). The fourth-order valence-electron chi connectivity index (χ4n) is 2.56. The average Bonchev–Trinajstić information content (AvgIpc) is 2.32. The maximum Gasteiger partial charge on any atom is 0.243 e. The SMILES string of the molecule is Cc1ccc(N)c(S(=O)(=O)NC2CCCS(=O)(=O)C2)c1C. The van der Waals surface area contributed by atoms with Crippen LogP contribution in [0.3, 0.4) is 0 Å². The lowest BCUT2D eigenvalue weighted by molar-refractivity contribution is 0.517. The Bertz CT molecular complexity index is 755. The number of sulfonamides is 1. The van der Waals surface area contributed by atoms with Crippen molar-refractivity contribution in [2.24, 2.45) is 0 Å². The molecule has 8 heteroatoms. The monoisotopic (exact) mass is 332 g/mol. The van der Waals surface area contributed by atoms with Gasteiger partial charge in [-0.2, -0.15) is 0 Å². The Kier molecular flexibility index (Phi) is 4.32. The first-order valence-corrected chi connectivity index (χ1v) is 10.0. The summed E-state index contributed by atoms with van der Waals surface area (Å²) in [6, 6.07) is 2.72. The van der Waals surface area contributed by atoms with E-state index in [-0.39, 0.29) is 22.1 Å². The van der Waals surface area contributed by atoms with Crippen molar-refractivity contribution in [1.29, 1.82) is 0 Å². The number of nitrogens with two attached hydrogens (primary N) is 1. The van der Waals surface area contributed by atoms with Crippen LogP contribution >= 0.6 is 0 Å². The number of nitrogens with one attached hydrogen (secondary N) is 1. The molecule has 0 bridgehead atoms. The molecule has 3 N–H and O–H groups in total. The maximum absolute atomic E-state index is 12.5. The topological polar surface area (TPSA) is 106 Å². The van der Waals surface area contributed by atoms with Gasteiger partial charge in [-0.25, -0.2) is 21.6 Å². The molecule has 1 saturated heterocycles. The van der Waals surface area contributed by atoms with Crippen LogP contribution in [0, 0.1) is 13.8 Å². The Morgan fingerprint density at radius 1 is 1.29 bits per heavy atom. The van der Waals surface area contributed by atoms with E-state index < -0.39 is 25.9 Å². The van der Waals surface area contributed by atoms with Crippen LogP contribution < -0.4 is 10.5 Å². The summed E-state index contributed by atoms with van der Waals surface area (Å²) >= 11 is 0. The van der Waals surface area contributed by atoms with E-state index in [1.54, 1.807) is 26.0 Å². The molecular formula is C13H20N2O4S2. The first kappa shape index (κ1) is 16.3. The highest BCUT2D eigenvalue weighted by Gasteiger charge is 2.30. The molecule has 1 aliphatic heterocycles. The molecule has 0 saturated carbocycles. The van der Waals surface area contributed by atoms with Crippen molar-refractivity contribution in [3.63, 3.8) is 0 Å². The van der Waals surface area contributed by atoms with E-state index in [9.17, 15) is 16.8 Å². The molecule has 0 aromatic heterocycles. The van der Waals surface area contributed by atoms with Gasteiger partial charge in [0, 0.05) is 6.04 Å². The van der Waals surface area contributed by atoms with E-state index >= 15 is 0 Å². The molecule has 0 aliphatic carbocycles. The van der Waals surface area contributed by atoms with Gasteiger partial charge in [0.15, 0.2) is 9.84 Å². The summed E-state index contributed by atoms with van der Waals surface area (Å²) in [7, 11) is -7.01. The second-order valence-corrected chi connectivity index (χ2v) is 9.38. The molecule has 1 fully saturated rings. The van der Waals surface area contributed by atoms with Crippen LogP contribution in [0.5, 0.6) is 0 Å². The molecule has 1 aromatic carbocycles. The Morgan fingerprint density at radius 3 is 2.57 bits per heavy atom. The van der Waals surface area contributed by atoms with E-state index in [1.807, 2.05) is 0 Å². The fraction of sp³-hybridized carbons (Fsp3) is 0.538. The van der Waals surface area contributed by atoms with Crippen LogP contribution in [0.2, 0.25) is 0 Å². The third-order valence-electron chi connectivity index (χ3n) is 3.76. The molecule has 1 heterocycles. The van der Waals surface area contributed by atoms with Crippen LogP contribution in [0.1, 0.15) is 24.0 Å². The minimum absolute atomic E-state index is 0.0467. The summed E-state index contributed by atoms with van der Waals surface area (Å²) in [5.41, 5.74) is 7.37.